The van der Waals surface area contributed by atoms with Crippen LogP contribution in [-0.4, -0.2) is 13.1 Å². The number of methoxy groups -OCH3 is 1. The number of esters is 1. The summed E-state index contributed by atoms with van der Waals surface area (Å²) in [7, 11) is 1.56. The lowest BCUT2D eigenvalue weighted by atomic mass is 9.87. The predicted octanol–water partition coefficient (Wildman–Crippen LogP) is 5.50. The zero-order chi connectivity index (χ0) is 18.7. The Kier molecular flexibility index (Phi) is 4.99. The Labute approximate surface area is 154 Å². The molecule has 3 aromatic rings. The Hall–Kier alpha value is -2.81. The molecule has 0 saturated heterocycles. The Morgan fingerprint density at radius 3 is 2.12 bits per heavy atom. The Bertz CT molecular complexity index is 918. The number of benzene rings is 3. The van der Waals surface area contributed by atoms with Crippen molar-refractivity contribution in [1.82, 2.24) is 0 Å². The fourth-order valence-corrected chi connectivity index (χ4v) is 2.88. The van der Waals surface area contributed by atoms with Gasteiger partial charge in [-0.3, -0.25) is 0 Å². The molecule has 134 valence electrons. The number of carbonyl (C=O) groups excluding carboxylic acids is 1. The number of hydrogen-bond acceptors (Lipinski definition) is 3. The van der Waals surface area contributed by atoms with Crippen LogP contribution in [0.2, 0.25) is 0 Å². The van der Waals surface area contributed by atoms with E-state index in [0.717, 1.165) is 16.3 Å². The highest BCUT2D eigenvalue weighted by Crippen LogP contribution is 2.27. The minimum absolute atomic E-state index is 0.105. The maximum atomic E-state index is 12.6. The zero-order valence-corrected chi connectivity index (χ0v) is 15.7. The summed E-state index contributed by atoms with van der Waals surface area (Å²) in [5.74, 6) is 0.143. The van der Waals surface area contributed by atoms with Crippen molar-refractivity contribution in [2.45, 2.75) is 32.8 Å². The third-order valence-corrected chi connectivity index (χ3v) is 4.48. The van der Waals surface area contributed by atoms with Gasteiger partial charge in [0.25, 0.3) is 0 Å². The average Bonchev–Trinajstić information content (AvgIpc) is 2.64. The highest BCUT2D eigenvalue weighted by atomic mass is 16.5. The van der Waals surface area contributed by atoms with Crippen LogP contribution in [0.4, 0.5) is 0 Å². The molecule has 0 atom stereocenters. The molecule has 0 fully saturated rings. The summed E-state index contributed by atoms with van der Waals surface area (Å²) in [6, 6.07) is 19.7. The summed E-state index contributed by atoms with van der Waals surface area (Å²) in [5.41, 5.74) is 2.76. The molecule has 0 bridgehead atoms. The molecule has 3 nitrogen and oxygen atoms in total. The lowest BCUT2D eigenvalue weighted by Gasteiger charge is -2.19. The molecule has 0 heterocycles. The normalized spacial score (nSPS) is 11.4. The molecule has 3 aromatic carbocycles. The topological polar surface area (TPSA) is 35.5 Å². The highest BCUT2D eigenvalue weighted by Gasteiger charge is 2.16. The van der Waals surface area contributed by atoms with Crippen molar-refractivity contribution in [3.63, 3.8) is 0 Å². The number of carbonyl (C=O) groups is 1. The lowest BCUT2D eigenvalue weighted by molar-refractivity contribution is 0.0469. The van der Waals surface area contributed by atoms with Gasteiger partial charge >= 0.3 is 5.97 Å². The van der Waals surface area contributed by atoms with Crippen molar-refractivity contribution >= 4 is 16.7 Å². The van der Waals surface area contributed by atoms with Crippen molar-refractivity contribution in [3.8, 4) is 5.75 Å². The summed E-state index contributed by atoms with van der Waals surface area (Å²) in [6.45, 7) is 6.76. The fraction of sp³-hybridized carbons (Fsp3) is 0.261. The van der Waals surface area contributed by atoms with Crippen molar-refractivity contribution in [3.05, 3.63) is 77.4 Å². The maximum Gasteiger partial charge on any atom is 0.342 e. The van der Waals surface area contributed by atoms with Crippen LogP contribution >= 0.6 is 0 Å². The Morgan fingerprint density at radius 1 is 0.923 bits per heavy atom. The molecule has 0 saturated carbocycles. The van der Waals surface area contributed by atoms with E-state index in [4.69, 9.17) is 9.47 Å². The largest absolute Gasteiger partial charge is 0.496 e. The van der Waals surface area contributed by atoms with Crippen molar-refractivity contribution in [2.24, 2.45) is 0 Å². The van der Waals surface area contributed by atoms with Gasteiger partial charge < -0.3 is 9.47 Å². The second kappa shape index (κ2) is 7.20. The smallest absolute Gasteiger partial charge is 0.342 e. The van der Waals surface area contributed by atoms with Gasteiger partial charge in [-0.2, -0.15) is 0 Å². The fourth-order valence-electron chi connectivity index (χ4n) is 2.88. The lowest BCUT2D eigenvalue weighted by Crippen LogP contribution is -2.11. The first-order valence-corrected chi connectivity index (χ1v) is 8.72. The minimum Gasteiger partial charge on any atom is -0.496 e. The maximum absolute atomic E-state index is 12.6. The molecule has 0 aliphatic rings. The molecule has 0 unspecified atom stereocenters. The molecule has 0 aliphatic carbocycles. The molecule has 0 amide bonds. The van der Waals surface area contributed by atoms with Gasteiger partial charge in [-0.15, -0.1) is 0 Å². The molecule has 0 radical (unpaired) electrons. The molecular formula is C23H24O3. The van der Waals surface area contributed by atoms with E-state index in [9.17, 15) is 4.79 Å². The van der Waals surface area contributed by atoms with Gasteiger partial charge in [-0.05, 0) is 39.4 Å². The molecule has 26 heavy (non-hydrogen) atoms. The second-order valence-electron chi connectivity index (χ2n) is 7.42. The Morgan fingerprint density at radius 2 is 1.54 bits per heavy atom. The SMILES string of the molecule is COc1cc2ccccc2cc1C(=O)OCc1ccc(C(C)(C)C)cc1. The van der Waals surface area contributed by atoms with Gasteiger partial charge in [0.05, 0.1) is 7.11 Å². The van der Waals surface area contributed by atoms with Crippen molar-refractivity contribution in [1.29, 1.82) is 0 Å². The molecule has 0 N–H and O–H groups in total. The predicted molar refractivity (Wildman–Crippen MR) is 105 cm³/mol. The highest BCUT2D eigenvalue weighted by molar-refractivity contribution is 5.98. The Balaban J connectivity index is 1.77. The summed E-state index contributed by atoms with van der Waals surface area (Å²) in [5, 5.41) is 2.01. The number of hydrogen-bond donors (Lipinski definition) is 0. The summed E-state index contributed by atoms with van der Waals surface area (Å²) in [4.78, 5) is 12.6. The van der Waals surface area contributed by atoms with E-state index in [0.29, 0.717) is 11.3 Å². The van der Waals surface area contributed by atoms with E-state index in [1.807, 2.05) is 48.5 Å². The summed E-state index contributed by atoms with van der Waals surface area (Å²) < 4.78 is 10.9. The number of rotatable bonds is 4. The van der Waals surface area contributed by atoms with Gasteiger partial charge in [0.15, 0.2) is 0 Å². The average molecular weight is 348 g/mol. The van der Waals surface area contributed by atoms with Crippen LogP contribution in [0.15, 0.2) is 60.7 Å². The first kappa shape index (κ1) is 18.0. The van der Waals surface area contributed by atoms with Crippen LogP contribution < -0.4 is 4.74 Å². The monoisotopic (exact) mass is 348 g/mol. The van der Waals surface area contributed by atoms with Crippen molar-refractivity contribution in [2.75, 3.05) is 7.11 Å². The van der Waals surface area contributed by atoms with Gasteiger partial charge in [-0.1, -0.05) is 69.3 Å². The van der Waals surface area contributed by atoms with Crippen LogP contribution in [0.1, 0.15) is 42.3 Å². The van der Waals surface area contributed by atoms with E-state index in [1.54, 1.807) is 7.11 Å². The van der Waals surface area contributed by atoms with Gasteiger partial charge in [0, 0.05) is 0 Å². The molecular weight excluding hydrogens is 324 g/mol. The van der Waals surface area contributed by atoms with Gasteiger partial charge in [-0.25, -0.2) is 4.79 Å². The first-order valence-electron chi connectivity index (χ1n) is 8.72. The quantitative estimate of drug-likeness (QED) is 0.584. The van der Waals surface area contributed by atoms with Crippen molar-refractivity contribution < 1.29 is 14.3 Å². The van der Waals surface area contributed by atoms with Gasteiger partial charge in [0.1, 0.15) is 17.9 Å². The number of ether oxygens (including phenoxy) is 2. The standard InChI is InChI=1S/C23H24O3/c1-23(2,3)19-11-9-16(10-12-19)15-26-22(24)20-13-17-7-5-6-8-18(17)14-21(20)25-4/h5-14H,15H2,1-4H3. The van der Waals surface area contributed by atoms with Crippen LogP contribution in [0.3, 0.4) is 0 Å². The van der Waals surface area contributed by atoms with Crippen LogP contribution in [0, 0.1) is 0 Å². The molecule has 0 aliphatic heterocycles. The van der Waals surface area contributed by atoms with E-state index in [-0.39, 0.29) is 18.0 Å². The molecule has 3 rings (SSSR count). The van der Waals surface area contributed by atoms with E-state index < -0.39 is 0 Å². The van der Waals surface area contributed by atoms with Crippen LogP contribution in [0.25, 0.3) is 10.8 Å². The van der Waals surface area contributed by atoms with E-state index in [2.05, 4.69) is 32.9 Å². The van der Waals surface area contributed by atoms with Gasteiger partial charge in [0.2, 0.25) is 0 Å². The van der Waals surface area contributed by atoms with E-state index in [1.165, 1.54) is 5.56 Å². The van der Waals surface area contributed by atoms with E-state index >= 15 is 0 Å². The minimum atomic E-state index is -0.382. The summed E-state index contributed by atoms with van der Waals surface area (Å²) in [6.07, 6.45) is 0. The second-order valence-corrected chi connectivity index (χ2v) is 7.42. The number of fused-ring (bicyclic) bond motifs is 1. The molecule has 0 aromatic heterocycles. The van der Waals surface area contributed by atoms with Crippen LogP contribution in [-0.2, 0) is 16.8 Å². The first-order chi connectivity index (χ1) is 12.4. The third kappa shape index (κ3) is 3.88. The zero-order valence-electron chi connectivity index (χ0n) is 15.7. The molecule has 0 spiro atoms. The van der Waals surface area contributed by atoms with Crippen LogP contribution in [0.5, 0.6) is 5.75 Å². The molecule has 3 heteroatoms. The summed E-state index contributed by atoms with van der Waals surface area (Å²) >= 11 is 0. The third-order valence-electron chi connectivity index (χ3n) is 4.48.